The second-order valence-corrected chi connectivity index (χ2v) is 7.68. The van der Waals surface area contributed by atoms with Gasteiger partial charge in [0.25, 0.3) is 0 Å². The number of hydrogen-bond acceptors (Lipinski definition) is 3. The highest BCUT2D eigenvalue weighted by atomic mass is 35.5. The van der Waals surface area contributed by atoms with Crippen LogP contribution in [0.25, 0.3) is 0 Å². The highest BCUT2D eigenvalue weighted by molar-refractivity contribution is 5.85. The third-order valence-electron chi connectivity index (χ3n) is 3.58. The number of aliphatic hydroxyl groups excluding tert-OH is 1. The number of hydrogen-bond donors (Lipinski definition) is 3. The van der Waals surface area contributed by atoms with Crippen LogP contribution in [0.5, 0.6) is 5.75 Å². The van der Waals surface area contributed by atoms with Gasteiger partial charge in [0.1, 0.15) is 5.75 Å². The van der Waals surface area contributed by atoms with E-state index < -0.39 is 0 Å². The quantitative estimate of drug-likeness (QED) is 0.802. The molecule has 0 amide bonds. The summed E-state index contributed by atoms with van der Waals surface area (Å²) in [6, 6.07) is 3.76. The van der Waals surface area contributed by atoms with Crippen molar-refractivity contribution in [3.63, 3.8) is 0 Å². The molecule has 0 saturated carbocycles. The maximum atomic E-state index is 10.5. The van der Waals surface area contributed by atoms with Crippen molar-refractivity contribution < 1.29 is 10.2 Å². The average molecular weight is 316 g/mol. The fourth-order valence-corrected chi connectivity index (χ4v) is 2.20. The van der Waals surface area contributed by atoms with Gasteiger partial charge in [0.15, 0.2) is 0 Å². The summed E-state index contributed by atoms with van der Waals surface area (Å²) in [5.74, 6) is 0.314. The third-order valence-corrected chi connectivity index (χ3v) is 3.58. The van der Waals surface area contributed by atoms with Gasteiger partial charge >= 0.3 is 0 Å². The number of aliphatic hydroxyl groups is 1. The van der Waals surface area contributed by atoms with Crippen molar-refractivity contribution in [1.29, 1.82) is 0 Å². The van der Waals surface area contributed by atoms with E-state index in [1.807, 2.05) is 6.07 Å². The van der Waals surface area contributed by atoms with Gasteiger partial charge in [-0.3, -0.25) is 0 Å². The highest BCUT2D eigenvalue weighted by Crippen LogP contribution is 2.37. The standard InChI is InChI=1S/C17H29NO2.ClH/c1-16(2,3)12-7-11(8-13(18)10-19)15(20)14(9-12)17(4,5)6;/h7,9,13,19-20H,8,10,18H2,1-6H3;1H. The monoisotopic (exact) mass is 315 g/mol. The summed E-state index contributed by atoms with van der Waals surface area (Å²) in [6.07, 6.45) is 0.481. The molecule has 0 aromatic heterocycles. The van der Waals surface area contributed by atoms with E-state index in [1.165, 1.54) is 5.56 Å². The van der Waals surface area contributed by atoms with Crippen LogP contribution in [0.15, 0.2) is 12.1 Å². The van der Waals surface area contributed by atoms with E-state index in [0.717, 1.165) is 11.1 Å². The molecule has 0 aliphatic heterocycles. The Labute approximate surface area is 135 Å². The fraction of sp³-hybridized carbons (Fsp3) is 0.647. The Bertz CT molecular complexity index is 473. The van der Waals surface area contributed by atoms with Crippen LogP contribution in [-0.2, 0) is 17.3 Å². The molecule has 0 spiro atoms. The summed E-state index contributed by atoms with van der Waals surface area (Å²) in [5.41, 5.74) is 8.64. The molecule has 0 radical (unpaired) electrons. The van der Waals surface area contributed by atoms with E-state index in [2.05, 4.69) is 47.6 Å². The zero-order chi connectivity index (χ0) is 15.7. The number of benzene rings is 1. The minimum Gasteiger partial charge on any atom is -0.507 e. The van der Waals surface area contributed by atoms with Gasteiger partial charge in [-0.05, 0) is 33.9 Å². The minimum atomic E-state index is -0.344. The number of phenolic OH excluding ortho intramolecular Hbond substituents is 1. The minimum absolute atomic E-state index is 0. The molecule has 1 rings (SSSR count). The predicted molar refractivity (Wildman–Crippen MR) is 91.5 cm³/mol. The van der Waals surface area contributed by atoms with Crippen LogP contribution in [0.3, 0.4) is 0 Å². The molecule has 3 nitrogen and oxygen atoms in total. The zero-order valence-electron chi connectivity index (χ0n) is 14.0. The Kier molecular flexibility index (Phi) is 6.74. The lowest BCUT2D eigenvalue weighted by atomic mass is 9.78. The van der Waals surface area contributed by atoms with E-state index in [1.54, 1.807) is 0 Å². The van der Waals surface area contributed by atoms with Crippen molar-refractivity contribution in [2.24, 2.45) is 5.73 Å². The average Bonchev–Trinajstić information content (AvgIpc) is 2.28. The van der Waals surface area contributed by atoms with Gasteiger partial charge < -0.3 is 15.9 Å². The van der Waals surface area contributed by atoms with E-state index in [4.69, 9.17) is 10.8 Å². The lowest BCUT2D eigenvalue weighted by Gasteiger charge is -2.28. The van der Waals surface area contributed by atoms with Gasteiger partial charge in [0, 0.05) is 6.04 Å². The Morgan fingerprint density at radius 1 is 1.05 bits per heavy atom. The number of rotatable bonds is 3. The first-order valence-electron chi connectivity index (χ1n) is 7.20. The van der Waals surface area contributed by atoms with Gasteiger partial charge in [-0.1, -0.05) is 53.7 Å². The summed E-state index contributed by atoms with van der Waals surface area (Å²) in [5, 5.41) is 19.7. The van der Waals surface area contributed by atoms with Crippen LogP contribution in [0.1, 0.15) is 58.2 Å². The smallest absolute Gasteiger partial charge is 0.122 e. The van der Waals surface area contributed by atoms with Crippen LogP contribution in [0.2, 0.25) is 0 Å². The van der Waals surface area contributed by atoms with Crippen LogP contribution in [-0.4, -0.2) is 22.9 Å². The summed E-state index contributed by atoms with van der Waals surface area (Å²) in [7, 11) is 0. The maximum absolute atomic E-state index is 10.5. The lowest BCUT2D eigenvalue weighted by molar-refractivity contribution is 0.264. The SMILES string of the molecule is CC(C)(C)c1cc(CC(N)CO)c(O)c(C(C)(C)C)c1.Cl. The Hall–Kier alpha value is -0.770. The molecule has 1 unspecified atom stereocenters. The third kappa shape index (κ3) is 5.17. The van der Waals surface area contributed by atoms with Crippen LogP contribution in [0, 0.1) is 0 Å². The molecule has 0 fully saturated rings. The van der Waals surface area contributed by atoms with Crippen molar-refractivity contribution >= 4 is 12.4 Å². The van der Waals surface area contributed by atoms with Crippen LogP contribution >= 0.6 is 12.4 Å². The van der Waals surface area contributed by atoms with Gasteiger partial charge in [-0.2, -0.15) is 0 Å². The van der Waals surface area contributed by atoms with Crippen LogP contribution in [0.4, 0.5) is 0 Å². The largest absolute Gasteiger partial charge is 0.507 e. The first-order valence-corrected chi connectivity index (χ1v) is 7.20. The summed E-state index contributed by atoms with van der Waals surface area (Å²) in [6.45, 7) is 12.6. The Balaban J connectivity index is 0.00000400. The second-order valence-electron chi connectivity index (χ2n) is 7.68. The summed E-state index contributed by atoms with van der Waals surface area (Å²) < 4.78 is 0. The molecule has 0 saturated heterocycles. The van der Waals surface area contributed by atoms with Crippen molar-refractivity contribution in [2.75, 3.05) is 6.61 Å². The number of phenols is 1. The highest BCUT2D eigenvalue weighted by Gasteiger charge is 2.25. The van der Waals surface area contributed by atoms with Crippen molar-refractivity contribution in [2.45, 2.75) is 64.8 Å². The van der Waals surface area contributed by atoms with E-state index >= 15 is 0 Å². The molecule has 1 atom stereocenters. The Morgan fingerprint density at radius 3 is 1.95 bits per heavy atom. The first-order chi connectivity index (χ1) is 8.96. The van der Waals surface area contributed by atoms with Crippen molar-refractivity contribution in [3.05, 3.63) is 28.8 Å². The van der Waals surface area contributed by atoms with E-state index in [0.29, 0.717) is 12.2 Å². The molecule has 1 aromatic carbocycles. The second kappa shape index (κ2) is 6.99. The predicted octanol–water partition coefficient (Wildman–Crippen LogP) is 3.27. The fourth-order valence-electron chi connectivity index (χ4n) is 2.20. The number of nitrogens with two attached hydrogens (primary N) is 1. The van der Waals surface area contributed by atoms with Crippen molar-refractivity contribution in [3.8, 4) is 5.75 Å². The van der Waals surface area contributed by atoms with Gasteiger partial charge in [-0.25, -0.2) is 0 Å². The molecule has 4 N–H and O–H groups in total. The molecular weight excluding hydrogens is 286 g/mol. The molecule has 0 bridgehead atoms. The Morgan fingerprint density at radius 2 is 1.57 bits per heavy atom. The van der Waals surface area contributed by atoms with Gasteiger partial charge in [0.2, 0.25) is 0 Å². The normalized spacial score (nSPS) is 13.7. The molecule has 21 heavy (non-hydrogen) atoms. The van der Waals surface area contributed by atoms with Crippen molar-refractivity contribution in [1.82, 2.24) is 0 Å². The van der Waals surface area contributed by atoms with Crippen LogP contribution < -0.4 is 5.73 Å². The molecule has 1 aromatic rings. The molecule has 4 heteroatoms. The molecule has 0 aliphatic carbocycles. The molecule has 122 valence electrons. The number of halogens is 1. The topological polar surface area (TPSA) is 66.5 Å². The summed E-state index contributed by atoms with van der Waals surface area (Å²) >= 11 is 0. The molecular formula is C17H30ClNO2. The lowest BCUT2D eigenvalue weighted by Crippen LogP contribution is -2.27. The zero-order valence-corrected chi connectivity index (χ0v) is 14.8. The maximum Gasteiger partial charge on any atom is 0.122 e. The molecule has 0 aliphatic rings. The summed E-state index contributed by atoms with van der Waals surface area (Å²) in [4.78, 5) is 0. The number of aromatic hydroxyl groups is 1. The van der Waals surface area contributed by atoms with E-state index in [9.17, 15) is 5.11 Å². The first kappa shape index (κ1) is 20.2. The van der Waals surface area contributed by atoms with Gasteiger partial charge in [0.05, 0.1) is 6.61 Å². The van der Waals surface area contributed by atoms with E-state index in [-0.39, 0.29) is 35.9 Å². The molecule has 0 heterocycles. The van der Waals surface area contributed by atoms with Gasteiger partial charge in [-0.15, -0.1) is 12.4 Å².